The molecule has 11 heteroatoms. The molecule has 0 aromatic heterocycles. The SMILES string of the molecule is C=C1c2cc(N3CC(C#C/C(C=N)=C/NC(C)(C)C(=O)Nc4ccc(Cl)c(C)c4)C3)ccc2C(=O)N1C1CCC(=O)NC1=O. The van der Waals surface area contributed by atoms with Crippen molar-refractivity contribution in [2.75, 3.05) is 23.3 Å². The molecule has 3 heterocycles. The zero-order valence-corrected chi connectivity index (χ0v) is 25.5. The van der Waals surface area contributed by atoms with Crippen molar-refractivity contribution >= 4 is 58.5 Å². The molecule has 3 aliphatic heterocycles. The molecule has 0 saturated carbocycles. The number of halogens is 1. The number of imide groups is 1. The first-order chi connectivity index (χ1) is 20.9. The van der Waals surface area contributed by atoms with Gasteiger partial charge in [-0.25, -0.2) is 0 Å². The number of anilines is 2. The van der Waals surface area contributed by atoms with Crippen LogP contribution in [0.15, 0.2) is 54.8 Å². The number of aryl methyl sites for hydroxylation is 1. The normalized spacial score (nSPS) is 18.6. The van der Waals surface area contributed by atoms with E-state index in [-0.39, 0.29) is 36.5 Å². The quantitative estimate of drug-likeness (QED) is 0.213. The van der Waals surface area contributed by atoms with Gasteiger partial charge in [0.15, 0.2) is 0 Å². The van der Waals surface area contributed by atoms with E-state index in [9.17, 15) is 19.2 Å². The summed E-state index contributed by atoms with van der Waals surface area (Å²) in [6.45, 7) is 10.8. The van der Waals surface area contributed by atoms with E-state index in [4.69, 9.17) is 17.0 Å². The van der Waals surface area contributed by atoms with Crippen LogP contribution in [0, 0.1) is 30.1 Å². The van der Waals surface area contributed by atoms with Gasteiger partial charge in [0.2, 0.25) is 17.7 Å². The molecule has 1 atom stereocenters. The third-order valence-electron chi connectivity index (χ3n) is 7.97. The first-order valence-corrected chi connectivity index (χ1v) is 14.6. The minimum Gasteiger partial charge on any atom is -0.377 e. The van der Waals surface area contributed by atoms with Crippen LogP contribution < -0.4 is 20.9 Å². The van der Waals surface area contributed by atoms with E-state index in [1.54, 1.807) is 44.3 Å². The molecule has 5 rings (SSSR count). The Morgan fingerprint density at radius 3 is 2.59 bits per heavy atom. The van der Waals surface area contributed by atoms with Crippen LogP contribution in [0.25, 0.3) is 5.70 Å². The van der Waals surface area contributed by atoms with Crippen LogP contribution in [0.1, 0.15) is 48.2 Å². The fourth-order valence-corrected chi connectivity index (χ4v) is 5.33. The van der Waals surface area contributed by atoms with Crippen molar-refractivity contribution in [3.8, 4) is 11.8 Å². The Bertz CT molecular complexity index is 1700. The molecule has 2 aromatic carbocycles. The first kappa shape index (κ1) is 30.6. The van der Waals surface area contributed by atoms with Gasteiger partial charge in [-0.15, -0.1) is 0 Å². The molecule has 0 bridgehead atoms. The molecular formula is C33H33ClN6O4. The number of hydrogen-bond donors (Lipinski definition) is 4. The number of hydrogen-bond acceptors (Lipinski definition) is 7. The van der Waals surface area contributed by atoms with E-state index in [1.165, 1.54) is 4.90 Å². The summed E-state index contributed by atoms with van der Waals surface area (Å²) in [6, 6.07) is 10.0. The second-order valence-corrected chi connectivity index (χ2v) is 12.0. The minimum atomic E-state index is -0.969. The van der Waals surface area contributed by atoms with Gasteiger partial charge in [-0.05, 0) is 69.2 Å². The zero-order chi connectivity index (χ0) is 31.8. The fraction of sp³-hybridized carbons (Fsp3) is 0.303. The maximum atomic E-state index is 13.1. The maximum absolute atomic E-state index is 13.1. The lowest BCUT2D eigenvalue weighted by Gasteiger charge is -2.38. The average molecular weight is 613 g/mol. The highest BCUT2D eigenvalue weighted by Gasteiger charge is 2.42. The van der Waals surface area contributed by atoms with Crippen molar-refractivity contribution in [3.63, 3.8) is 0 Å². The zero-order valence-electron chi connectivity index (χ0n) is 24.7. The van der Waals surface area contributed by atoms with Crippen LogP contribution in [0.3, 0.4) is 0 Å². The number of piperidine rings is 1. The van der Waals surface area contributed by atoms with E-state index in [0.29, 0.717) is 46.2 Å². The van der Waals surface area contributed by atoms with E-state index in [2.05, 4.69) is 39.3 Å². The number of fused-ring (bicyclic) bond motifs is 1. The van der Waals surface area contributed by atoms with E-state index >= 15 is 0 Å². The van der Waals surface area contributed by atoms with E-state index in [1.807, 2.05) is 19.1 Å². The number of carbonyl (C=O) groups is 4. The lowest BCUT2D eigenvalue weighted by atomic mass is 9.98. The molecule has 2 saturated heterocycles. The van der Waals surface area contributed by atoms with Gasteiger partial charge in [0.25, 0.3) is 5.91 Å². The van der Waals surface area contributed by atoms with E-state index < -0.39 is 17.5 Å². The summed E-state index contributed by atoms with van der Waals surface area (Å²) >= 11 is 6.08. The largest absolute Gasteiger partial charge is 0.377 e. The number of amides is 4. The molecule has 10 nitrogen and oxygen atoms in total. The maximum Gasteiger partial charge on any atom is 0.259 e. The fourth-order valence-electron chi connectivity index (χ4n) is 5.21. The standard InChI is InChI=1S/C33H33ClN6O4/c1-19-13-23(7-10-27(19)34)37-32(44)33(3,4)36-16-21(15-35)5-6-22-17-39(18-22)24-8-9-25-26(14-24)20(2)40(31(25)43)28-11-12-29(41)38-30(28)42/h7-10,13-16,22,28,35-36H,2,11-12,17-18H2,1,3-4H3,(H,37,44)(H,38,41,42)/b21-16-,35-15?. The number of benzene rings is 2. The van der Waals surface area contributed by atoms with E-state index in [0.717, 1.165) is 17.5 Å². The molecule has 2 aromatic rings. The topological polar surface area (TPSA) is 135 Å². The lowest BCUT2D eigenvalue weighted by molar-refractivity contribution is -0.136. The summed E-state index contributed by atoms with van der Waals surface area (Å²) in [7, 11) is 0. The van der Waals surface area contributed by atoms with Crippen molar-refractivity contribution < 1.29 is 19.2 Å². The van der Waals surface area contributed by atoms with Crippen LogP contribution in [0.2, 0.25) is 5.02 Å². The van der Waals surface area contributed by atoms with Gasteiger partial charge in [-0.3, -0.25) is 29.4 Å². The molecule has 4 amide bonds. The molecule has 0 spiro atoms. The van der Waals surface area contributed by atoms with Crippen molar-refractivity contribution in [2.24, 2.45) is 5.92 Å². The summed E-state index contributed by atoms with van der Waals surface area (Å²) in [5, 5.41) is 16.6. The van der Waals surface area contributed by atoms with Crippen molar-refractivity contribution in [1.82, 2.24) is 15.5 Å². The Morgan fingerprint density at radius 2 is 1.91 bits per heavy atom. The highest BCUT2D eigenvalue weighted by atomic mass is 35.5. The predicted molar refractivity (Wildman–Crippen MR) is 170 cm³/mol. The Balaban J connectivity index is 1.18. The predicted octanol–water partition coefficient (Wildman–Crippen LogP) is 3.86. The molecule has 3 aliphatic rings. The van der Waals surface area contributed by atoms with Crippen LogP contribution in [-0.4, -0.2) is 59.4 Å². The molecule has 2 fully saturated rings. The lowest BCUT2D eigenvalue weighted by Crippen LogP contribution is -2.52. The van der Waals surface area contributed by atoms with Gasteiger partial charge in [0.1, 0.15) is 11.6 Å². The second kappa shape index (κ2) is 12.0. The molecular weight excluding hydrogens is 580 g/mol. The average Bonchev–Trinajstić information content (AvgIpc) is 3.20. The highest BCUT2D eigenvalue weighted by molar-refractivity contribution is 6.31. The Labute approximate surface area is 261 Å². The monoisotopic (exact) mass is 612 g/mol. The summed E-state index contributed by atoms with van der Waals surface area (Å²) < 4.78 is 0. The number of allylic oxidation sites excluding steroid dienone is 1. The summed E-state index contributed by atoms with van der Waals surface area (Å²) in [5.41, 5.74) is 3.48. The Kier molecular flexibility index (Phi) is 8.35. The Morgan fingerprint density at radius 1 is 1.16 bits per heavy atom. The van der Waals surface area contributed by atoms with Gasteiger partial charge < -0.3 is 20.9 Å². The number of nitrogens with zero attached hydrogens (tertiary/aromatic N) is 2. The smallest absolute Gasteiger partial charge is 0.259 e. The van der Waals surface area contributed by atoms with Crippen molar-refractivity contribution in [1.29, 1.82) is 5.41 Å². The Hall–Kier alpha value is -4.88. The summed E-state index contributed by atoms with van der Waals surface area (Å²) in [5.74, 6) is 4.93. The van der Waals surface area contributed by atoms with Crippen molar-refractivity contribution in [2.45, 2.75) is 45.2 Å². The van der Waals surface area contributed by atoms with Crippen LogP contribution in [0.4, 0.5) is 11.4 Å². The molecule has 1 unspecified atom stereocenters. The highest BCUT2D eigenvalue weighted by Crippen LogP contribution is 2.38. The summed E-state index contributed by atoms with van der Waals surface area (Å²) in [4.78, 5) is 53.5. The van der Waals surface area contributed by atoms with Crippen LogP contribution in [0.5, 0.6) is 0 Å². The number of nitrogens with one attached hydrogen (secondary N) is 4. The molecule has 44 heavy (non-hydrogen) atoms. The third kappa shape index (κ3) is 6.10. The first-order valence-electron chi connectivity index (χ1n) is 14.2. The number of rotatable bonds is 7. The molecule has 4 N–H and O–H groups in total. The van der Waals surface area contributed by atoms with Gasteiger partial charge in [-0.1, -0.05) is 30.0 Å². The van der Waals surface area contributed by atoms with Gasteiger partial charge in [-0.2, -0.15) is 0 Å². The van der Waals surface area contributed by atoms with Gasteiger partial charge >= 0.3 is 0 Å². The van der Waals surface area contributed by atoms with Crippen molar-refractivity contribution in [3.05, 3.63) is 76.5 Å². The number of carbonyl (C=O) groups excluding carboxylic acids is 4. The second-order valence-electron chi connectivity index (χ2n) is 11.6. The van der Waals surface area contributed by atoms with Gasteiger partial charge in [0, 0.05) is 65.1 Å². The van der Waals surface area contributed by atoms with Crippen LogP contribution in [-0.2, 0) is 14.4 Å². The van der Waals surface area contributed by atoms with Gasteiger partial charge in [0.05, 0.1) is 11.5 Å². The summed E-state index contributed by atoms with van der Waals surface area (Å²) in [6.07, 6.45) is 3.15. The molecule has 0 radical (unpaired) electrons. The van der Waals surface area contributed by atoms with Crippen LogP contribution >= 0.6 is 11.6 Å². The third-order valence-corrected chi connectivity index (χ3v) is 8.39. The minimum absolute atomic E-state index is 0.0702. The molecule has 0 aliphatic carbocycles. The molecule has 226 valence electrons.